The van der Waals surface area contributed by atoms with Crippen LogP contribution in [0.15, 0.2) is 48.9 Å². The van der Waals surface area contributed by atoms with Crippen LogP contribution in [0.1, 0.15) is 5.56 Å². The van der Waals surface area contributed by atoms with Gasteiger partial charge >= 0.3 is 0 Å². The number of nitrogens with one attached hydrogen (secondary N) is 1. The van der Waals surface area contributed by atoms with Crippen molar-refractivity contribution in [2.45, 2.75) is 6.92 Å². The van der Waals surface area contributed by atoms with E-state index in [9.17, 15) is 0 Å². The molecule has 0 spiro atoms. The van der Waals surface area contributed by atoms with E-state index in [2.05, 4.69) is 34.1 Å². The van der Waals surface area contributed by atoms with Crippen LogP contribution in [0, 0.1) is 6.92 Å². The second-order valence-corrected chi connectivity index (χ2v) is 5.33. The van der Waals surface area contributed by atoms with Gasteiger partial charge in [0.05, 0.1) is 16.9 Å². The molecule has 0 saturated heterocycles. The van der Waals surface area contributed by atoms with E-state index in [1.807, 2.05) is 36.1 Å². The Labute approximate surface area is 127 Å². The van der Waals surface area contributed by atoms with Crippen LogP contribution < -0.4 is 0 Å². The van der Waals surface area contributed by atoms with Crippen LogP contribution in [0.5, 0.6) is 0 Å². The molecule has 0 aliphatic heterocycles. The van der Waals surface area contributed by atoms with Gasteiger partial charge in [-0.15, -0.1) is 0 Å². The summed E-state index contributed by atoms with van der Waals surface area (Å²) < 4.78 is 1.84. The van der Waals surface area contributed by atoms with Crippen molar-refractivity contribution in [1.29, 1.82) is 0 Å². The summed E-state index contributed by atoms with van der Waals surface area (Å²) in [6.45, 7) is 2.11. The van der Waals surface area contributed by atoms with Crippen LogP contribution >= 0.6 is 0 Å². The fourth-order valence-corrected chi connectivity index (χ4v) is 2.72. The third-order valence-electron chi connectivity index (χ3n) is 3.87. The van der Waals surface area contributed by atoms with Gasteiger partial charge in [-0.25, -0.2) is 9.97 Å². The standard InChI is InChI=1S/C17H15N5/c1-11-9-15(16-5-6-20-22(16)2)21-14-4-3-12(10-13(11)14)17-18-7-8-19-17/h3-10H,1-2H3,(H,18,19). The number of hydrogen-bond acceptors (Lipinski definition) is 3. The average Bonchev–Trinajstić information content (AvgIpc) is 3.18. The SMILES string of the molecule is Cc1cc(-c2ccnn2C)nc2ccc(-c3ncc[nH]3)cc12. The van der Waals surface area contributed by atoms with Crippen molar-refractivity contribution in [2.24, 2.45) is 7.05 Å². The van der Waals surface area contributed by atoms with E-state index in [4.69, 9.17) is 4.98 Å². The minimum Gasteiger partial charge on any atom is -0.345 e. The zero-order valence-corrected chi connectivity index (χ0v) is 12.4. The molecule has 0 atom stereocenters. The van der Waals surface area contributed by atoms with Crippen molar-refractivity contribution in [3.63, 3.8) is 0 Å². The molecular formula is C17H15N5. The van der Waals surface area contributed by atoms with Crippen molar-refractivity contribution >= 4 is 10.9 Å². The Morgan fingerprint density at radius 3 is 2.73 bits per heavy atom. The van der Waals surface area contributed by atoms with Gasteiger partial charge in [-0.2, -0.15) is 5.10 Å². The van der Waals surface area contributed by atoms with E-state index in [-0.39, 0.29) is 0 Å². The summed E-state index contributed by atoms with van der Waals surface area (Å²) in [6.07, 6.45) is 5.38. The molecule has 0 aliphatic rings. The number of imidazole rings is 1. The first kappa shape index (κ1) is 12.8. The Kier molecular flexibility index (Phi) is 2.79. The number of hydrogen-bond donors (Lipinski definition) is 1. The highest BCUT2D eigenvalue weighted by Gasteiger charge is 2.09. The first-order valence-corrected chi connectivity index (χ1v) is 7.12. The van der Waals surface area contributed by atoms with Gasteiger partial charge < -0.3 is 4.98 Å². The van der Waals surface area contributed by atoms with Gasteiger partial charge in [-0.3, -0.25) is 4.68 Å². The molecule has 4 aromatic rings. The highest BCUT2D eigenvalue weighted by Crippen LogP contribution is 2.27. The van der Waals surface area contributed by atoms with Crippen molar-refractivity contribution < 1.29 is 0 Å². The van der Waals surface area contributed by atoms with Crippen LogP contribution in [-0.4, -0.2) is 24.7 Å². The number of H-pyrrole nitrogens is 1. The summed E-state index contributed by atoms with van der Waals surface area (Å²) in [4.78, 5) is 12.2. The van der Waals surface area contributed by atoms with Crippen molar-refractivity contribution in [1.82, 2.24) is 24.7 Å². The predicted octanol–water partition coefficient (Wildman–Crippen LogP) is 3.33. The van der Waals surface area contributed by atoms with E-state index < -0.39 is 0 Å². The van der Waals surface area contributed by atoms with Gasteiger partial charge in [-0.1, -0.05) is 0 Å². The summed E-state index contributed by atoms with van der Waals surface area (Å²) in [6, 6.07) is 10.3. The maximum atomic E-state index is 4.77. The molecule has 22 heavy (non-hydrogen) atoms. The summed E-state index contributed by atoms with van der Waals surface area (Å²) in [5.74, 6) is 0.872. The Balaban J connectivity index is 1.90. The quantitative estimate of drug-likeness (QED) is 0.615. The molecule has 0 fully saturated rings. The summed E-state index contributed by atoms with van der Waals surface area (Å²) in [5, 5.41) is 5.35. The predicted molar refractivity (Wildman–Crippen MR) is 86.3 cm³/mol. The summed E-state index contributed by atoms with van der Waals surface area (Å²) >= 11 is 0. The van der Waals surface area contributed by atoms with Crippen molar-refractivity contribution in [3.8, 4) is 22.8 Å². The summed E-state index contributed by atoms with van der Waals surface area (Å²) in [5.41, 5.74) is 5.19. The molecule has 5 nitrogen and oxygen atoms in total. The second-order valence-electron chi connectivity index (χ2n) is 5.33. The first-order chi connectivity index (χ1) is 10.7. The lowest BCUT2D eigenvalue weighted by molar-refractivity contribution is 0.773. The van der Waals surface area contributed by atoms with Crippen LogP contribution in [0.2, 0.25) is 0 Å². The van der Waals surface area contributed by atoms with E-state index in [1.165, 1.54) is 5.56 Å². The zero-order chi connectivity index (χ0) is 15.1. The molecule has 1 aromatic carbocycles. The lowest BCUT2D eigenvalue weighted by Crippen LogP contribution is -1.96. The number of fused-ring (bicyclic) bond motifs is 1. The molecule has 0 saturated carbocycles. The third kappa shape index (κ3) is 1.98. The Hall–Kier alpha value is -2.95. The number of aryl methyl sites for hydroxylation is 2. The highest BCUT2D eigenvalue weighted by molar-refractivity contribution is 5.88. The Morgan fingerprint density at radius 2 is 2.00 bits per heavy atom. The topological polar surface area (TPSA) is 59.4 Å². The van der Waals surface area contributed by atoms with Crippen LogP contribution in [0.25, 0.3) is 33.7 Å². The molecule has 3 heterocycles. The van der Waals surface area contributed by atoms with Gasteiger partial charge in [0.15, 0.2) is 0 Å². The molecule has 3 aromatic heterocycles. The van der Waals surface area contributed by atoms with Gasteiger partial charge in [0.25, 0.3) is 0 Å². The maximum absolute atomic E-state index is 4.77. The highest BCUT2D eigenvalue weighted by atomic mass is 15.3. The number of pyridine rings is 1. The summed E-state index contributed by atoms with van der Waals surface area (Å²) in [7, 11) is 1.93. The molecule has 0 amide bonds. The molecule has 0 bridgehead atoms. The van der Waals surface area contributed by atoms with E-state index >= 15 is 0 Å². The van der Waals surface area contributed by atoms with Crippen LogP contribution in [0.4, 0.5) is 0 Å². The zero-order valence-electron chi connectivity index (χ0n) is 12.4. The lowest BCUT2D eigenvalue weighted by Gasteiger charge is -2.08. The molecule has 0 aliphatic carbocycles. The monoisotopic (exact) mass is 289 g/mol. The molecule has 1 N–H and O–H groups in total. The molecule has 4 rings (SSSR count). The van der Waals surface area contributed by atoms with E-state index in [0.29, 0.717) is 0 Å². The second kappa shape index (κ2) is 4.80. The van der Waals surface area contributed by atoms with Gasteiger partial charge in [-0.05, 0) is 42.8 Å². The van der Waals surface area contributed by atoms with E-state index in [1.54, 1.807) is 12.4 Å². The number of nitrogens with zero attached hydrogens (tertiary/aromatic N) is 4. The van der Waals surface area contributed by atoms with Gasteiger partial charge in [0.1, 0.15) is 5.82 Å². The van der Waals surface area contributed by atoms with Gasteiger partial charge in [0, 0.05) is 36.6 Å². The van der Waals surface area contributed by atoms with Crippen molar-refractivity contribution in [2.75, 3.05) is 0 Å². The first-order valence-electron chi connectivity index (χ1n) is 7.12. The molecule has 0 radical (unpaired) electrons. The van der Waals surface area contributed by atoms with E-state index in [0.717, 1.165) is 33.7 Å². The number of rotatable bonds is 2. The van der Waals surface area contributed by atoms with Gasteiger partial charge in [0.2, 0.25) is 0 Å². The largest absolute Gasteiger partial charge is 0.345 e. The Morgan fingerprint density at radius 1 is 1.09 bits per heavy atom. The minimum absolute atomic E-state index is 0.872. The Bertz CT molecular complexity index is 951. The molecule has 0 unspecified atom stereocenters. The average molecular weight is 289 g/mol. The lowest BCUT2D eigenvalue weighted by atomic mass is 10.0. The third-order valence-corrected chi connectivity index (χ3v) is 3.87. The number of aromatic amines is 1. The minimum atomic E-state index is 0.872. The van der Waals surface area contributed by atoms with Crippen LogP contribution in [-0.2, 0) is 7.05 Å². The number of aromatic nitrogens is 5. The molecule has 5 heteroatoms. The fraction of sp³-hybridized carbons (Fsp3) is 0.118. The normalized spacial score (nSPS) is 11.2. The number of benzene rings is 1. The maximum Gasteiger partial charge on any atom is 0.137 e. The fourth-order valence-electron chi connectivity index (χ4n) is 2.72. The smallest absolute Gasteiger partial charge is 0.137 e. The molecular weight excluding hydrogens is 274 g/mol. The van der Waals surface area contributed by atoms with Crippen molar-refractivity contribution in [3.05, 3.63) is 54.5 Å². The molecule has 108 valence electrons. The van der Waals surface area contributed by atoms with Crippen LogP contribution in [0.3, 0.4) is 0 Å².